The molecule has 0 aliphatic heterocycles. The third kappa shape index (κ3) is 3.61. The van der Waals surface area contributed by atoms with Crippen LogP contribution < -0.4 is 0 Å². The molecule has 2 rings (SSSR count). The minimum atomic E-state index is -1.07. The highest BCUT2D eigenvalue weighted by Gasteiger charge is 2.13. The molecule has 0 saturated carbocycles. The van der Waals surface area contributed by atoms with E-state index >= 15 is 0 Å². The average molecular weight is 313 g/mol. The molecule has 0 atom stereocenters. The number of aliphatic hydroxyl groups is 1. The molecule has 110 valence electrons. The average Bonchev–Trinajstić information content (AvgIpc) is 2.79. The number of aromatic nitrogens is 2. The molecule has 4 nitrogen and oxygen atoms in total. The number of aliphatic hydroxyl groups excluding tert-OH is 1. The van der Waals surface area contributed by atoms with Gasteiger partial charge in [0.1, 0.15) is 6.73 Å². The van der Waals surface area contributed by atoms with Gasteiger partial charge in [0.05, 0.1) is 23.3 Å². The lowest BCUT2D eigenvalue weighted by molar-refractivity contribution is 0.0817. The molecule has 1 aromatic heterocycles. The van der Waals surface area contributed by atoms with Crippen molar-refractivity contribution in [2.45, 2.75) is 39.0 Å². The zero-order valence-electron chi connectivity index (χ0n) is 12.2. The summed E-state index contributed by atoms with van der Waals surface area (Å²) < 4.78 is 7.46. The number of rotatable bonds is 6. The molecule has 0 fully saturated rings. The Balaban J connectivity index is 2.11. The van der Waals surface area contributed by atoms with Crippen LogP contribution >= 0.6 is 11.6 Å². The summed E-state index contributed by atoms with van der Waals surface area (Å²) in [6.45, 7) is 8.09. The van der Waals surface area contributed by atoms with E-state index in [0.717, 1.165) is 29.1 Å². The Morgan fingerprint density at radius 1 is 1.35 bits per heavy atom. The summed E-state index contributed by atoms with van der Waals surface area (Å²) in [5, 5.41) is 15.2. The van der Waals surface area contributed by atoms with Gasteiger partial charge in [-0.3, -0.25) is 0 Å². The number of hydrogen-bond donors (Lipinski definition) is 1. The molecular weight excluding hydrogens is 292 g/mol. The van der Waals surface area contributed by atoms with Crippen LogP contribution in [0, 0.1) is 0 Å². The van der Waals surface area contributed by atoms with Crippen LogP contribution in [0.25, 0.3) is 10.9 Å². The molecule has 0 unspecified atom stereocenters. The minimum Gasteiger partial charge on any atom is -0.392 e. The zero-order chi connectivity index (χ0) is 14.8. The van der Waals surface area contributed by atoms with Gasteiger partial charge in [0.25, 0.3) is 0 Å². The van der Waals surface area contributed by atoms with E-state index in [4.69, 9.17) is 16.3 Å². The van der Waals surface area contributed by atoms with Gasteiger partial charge in [-0.25, -0.2) is 4.68 Å². The Bertz CT molecular complexity index is 593. The van der Waals surface area contributed by atoms with Gasteiger partial charge in [-0.1, -0.05) is 37.3 Å². The summed E-state index contributed by atoms with van der Waals surface area (Å²) in [5.41, 5.74) is 1.66. The third-order valence-corrected chi connectivity index (χ3v) is 5.23. The van der Waals surface area contributed by atoms with E-state index in [0.29, 0.717) is 11.8 Å². The molecule has 0 amide bonds. The van der Waals surface area contributed by atoms with Gasteiger partial charge in [0.2, 0.25) is 0 Å². The summed E-state index contributed by atoms with van der Waals surface area (Å²) in [5.74, 6) is 0. The molecule has 0 spiro atoms. The van der Waals surface area contributed by atoms with Crippen LogP contribution in [0.2, 0.25) is 30.7 Å². The van der Waals surface area contributed by atoms with Crippen molar-refractivity contribution in [1.29, 1.82) is 0 Å². The minimum absolute atomic E-state index is 0.0180. The van der Waals surface area contributed by atoms with Crippen molar-refractivity contribution in [1.82, 2.24) is 9.78 Å². The Kier molecular flexibility index (Phi) is 4.85. The van der Waals surface area contributed by atoms with Crippen molar-refractivity contribution in [3.63, 3.8) is 0 Å². The second kappa shape index (κ2) is 6.26. The van der Waals surface area contributed by atoms with Crippen LogP contribution in [0.5, 0.6) is 0 Å². The van der Waals surface area contributed by atoms with Crippen LogP contribution in [-0.2, 0) is 18.1 Å². The number of hydrogen-bond acceptors (Lipinski definition) is 3. The van der Waals surface area contributed by atoms with Gasteiger partial charge in [-0.15, -0.1) is 0 Å². The number of halogens is 1. The van der Waals surface area contributed by atoms with Crippen molar-refractivity contribution in [3.05, 3.63) is 28.9 Å². The quantitative estimate of drug-likeness (QED) is 0.656. The number of ether oxygens (including phenoxy) is 1. The number of nitrogens with zero attached hydrogens (tertiary/aromatic N) is 2. The summed E-state index contributed by atoms with van der Waals surface area (Å²) in [6.07, 6.45) is 1.73. The maximum Gasteiger partial charge on any atom is 0.140 e. The molecule has 2 aromatic rings. The Labute approximate surface area is 125 Å². The normalized spacial score (nSPS) is 12.2. The molecule has 1 heterocycles. The molecule has 0 radical (unpaired) electrons. The van der Waals surface area contributed by atoms with Crippen LogP contribution in [0.1, 0.15) is 5.56 Å². The summed E-state index contributed by atoms with van der Waals surface area (Å²) in [4.78, 5) is 0. The molecule has 0 bridgehead atoms. The van der Waals surface area contributed by atoms with Gasteiger partial charge >= 0.3 is 0 Å². The molecule has 6 heteroatoms. The lowest BCUT2D eigenvalue weighted by atomic mass is 10.1. The zero-order valence-corrected chi connectivity index (χ0v) is 13.9. The summed E-state index contributed by atoms with van der Waals surface area (Å²) >= 11 is 6.23. The highest BCUT2D eigenvalue weighted by atomic mass is 35.5. The molecule has 0 saturated heterocycles. The van der Waals surface area contributed by atoms with E-state index in [1.807, 2.05) is 6.07 Å². The van der Waals surface area contributed by atoms with Crippen molar-refractivity contribution in [3.8, 4) is 0 Å². The predicted octanol–water partition coefficient (Wildman–Crippen LogP) is 3.49. The van der Waals surface area contributed by atoms with E-state index in [2.05, 4.69) is 24.7 Å². The Morgan fingerprint density at radius 3 is 2.75 bits per heavy atom. The van der Waals surface area contributed by atoms with Crippen LogP contribution in [0.3, 0.4) is 0 Å². The van der Waals surface area contributed by atoms with Gasteiger partial charge in [-0.2, -0.15) is 5.10 Å². The van der Waals surface area contributed by atoms with Crippen molar-refractivity contribution in [2.75, 3.05) is 6.61 Å². The summed E-state index contributed by atoms with van der Waals surface area (Å²) in [7, 11) is -1.07. The first-order valence-corrected chi connectivity index (χ1v) is 10.8. The SMILES string of the molecule is C[Si](C)(C)CCOCn1ncc2c(CO)ccc(Cl)c21. The molecule has 1 N–H and O–H groups in total. The van der Waals surface area contributed by atoms with Crippen molar-refractivity contribution in [2.24, 2.45) is 0 Å². The largest absolute Gasteiger partial charge is 0.392 e. The molecule has 0 aliphatic rings. The standard InChI is InChI=1S/C14H21ClN2O2Si/c1-20(2,3)7-6-19-10-17-14-12(8-16-17)11(9-18)4-5-13(14)15/h4-5,8,18H,6-7,9-10H2,1-3H3. The highest BCUT2D eigenvalue weighted by Crippen LogP contribution is 2.26. The molecular formula is C14H21ClN2O2Si. The smallest absolute Gasteiger partial charge is 0.140 e. The first-order valence-electron chi connectivity index (χ1n) is 6.74. The molecule has 1 aromatic carbocycles. The van der Waals surface area contributed by atoms with Gasteiger partial charge in [0, 0.05) is 20.1 Å². The number of benzene rings is 1. The van der Waals surface area contributed by atoms with Crippen molar-refractivity contribution >= 4 is 30.6 Å². The topological polar surface area (TPSA) is 47.3 Å². The molecule has 0 aliphatic carbocycles. The fourth-order valence-corrected chi connectivity index (χ4v) is 3.00. The first-order chi connectivity index (χ1) is 9.42. The van der Waals surface area contributed by atoms with E-state index in [-0.39, 0.29) is 6.61 Å². The Morgan fingerprint density at radius 2 is 2.10 bits per heavy atom. The summed E-state index contributed by atoms with van der Waals surface area (Å²) in [6, 6.07) is 4.74. The second-order valence-corrected chi connectivity index (χ2v) is 12.1. The van der Waals surface area contributed by atoms with E-state index in [9.17, 15) is 5.11 Å². The monoisotopic (exact) mass is 312 g/mol. The maximum absolute atomic E-state index is 9.33. The number of fused-ring (bicyclic) bond motifs is 1. The van der Waals surface area contributed by atoms with E-state index < -0.39 is 8.07 Å². The Hall–Kier alpha value is -0.883. The van der Waals surface area contributed by atoms with E-state index in [1.54, 1.807) is 16.9 Å². The van der Waals surface area contributed by atoms with Crippen molar-refractivity contribution < 1.29 is 9.84 Å². The lowest BCUT2D eigenvalue weighted by Crippen LogP contribution is -2.22. The fraction of sp³-hybridized carbons (Fsp3) is 0.500. The third-order valence-electron chi connectivity index (χ3n) is 3.22. The molecule has 20 heavy (non-hydrogen) atoms. The second-order valence-electron chi connectivity index (χ2n) is 6.12. The maximum atomic E-state index is 9.33. The fourth-order valence-electron chi connectivity index (χ4n) is 1.98. The van der Waals surface area contributed by atoms with Gasteiger partial charge in [0.15, 0.2) is 0 Å². The van der Waals surface area contributed by atoms with Crippen LogP contribution in [0.15, 0.2) is 18.3 Å². The lowest BCUT2D eigenvalue weighted by Gasteiger charge is -2.15. The van der Waals surface area contributed by atoms with E-state index in [1.165, 1.54) is 0 Å². The van der Waals surface area contributed by atoms with Gasteiger partial charge in [-0.05, 0) is 17.7 Å². The van der Waals surface area contributed by atoms with Gasteiger partial charge < -0.3 is 9.84 Å². The van der Waals surface area contributed by atoms with Crippen LogP contribution in [0.4, 0.5) is 0 Å². The van der Waals surface area contributed by atoms with Crippen LogP contribution in [-0.4, -0.2) is 29.6 Å². The predicted molar refractivity (Wildman–Crippen MR) is 84.8 cm³/mol. The first kappa shape index (κ1) is 15.5. The highest BCUT2D eigenvalue weighted by molar-refractivity contribution is 6.76.